The van der Waals surface area contributed by atoms with E-state index in [-0.39, 0.29) is 0 Å². The van der Waals surface area contributed by atoms with Gasteiger partial charge < -0.3 is 10.2 Å². The van der Waals surface area contributed by atoms with Gasteiger partial charge in [-0.2, -0.15) is 0 Å². The van der Waals surface area contributed by atoms with E-state index in [4.69, 9.17) is 0 Å². The summed E-state index contributed by atoms with van der Waals surface area (Å²) in [6, 6.07) is 14.6. The first-order chi connectivity index (χ1) is 8.93. The number of hydrogen-bond acceptors (Lipinski definition) is 3. The lowest BCUT2D eigenvalue weighted by Gasteiger charge is -2.23. The van der Waals surface area contributed by atoms with Crippen molar-refractivity contribution in [3.63, 3.8) is 0 Å². The highest BCUT2D eigenvalue weighted by molar-refractivity contribution is 5.70. The van der Waals surface area contributed by atoms with Gasteiger partial charge in [0.05, 0.1) is 23.6 Å². The number of rotatable bonds is 2. The SMILES string of the molecule is c1ccc(CN2CCCNc3ccccc32)nc1. The van der Waals surface area contributed by atoms with Crippen LogP contribution < -0.4 is 10.2 Å². The maximum absolute atomic E-state index is 4.41. The monoisotopic (exact) mass is 239 g/mol. The van der Waals surface area contributed by atoms with Crippen molar-refractivity contribution in [1.29, 1.82) is 0 Å². The van der Waals surface area contributed by atoms with Gasteiger partial charge in [0.2, 0.25) is 0 Å². The van der Waals surface area contributed by atoms with E-state index < -0.39 is 0 Å². The molecule has 0 bridgehead atoms. The zero-order valence-corrected chi connectivity index (χ0v) is 10.3. The van der Waals surface area contributed by atoms with Gasteiger partial charge in [0, 0.05) is 19.3 Å². The summed E-state index contributed by atoms with van der Waals surface area (Å²) in [5, 5.41) is 3.48. The standard InChI is InChI=1S/C15H17N3/c1-2-8-15-14(7-1)17-10-5-11-18(15)12-13-6-3-4-9-16-13/h1-4,6-9,17H,5,10-12H2. The molecular weight excluding hydrogens is 222 g/mol. The predicted molar refractivity (Wildman–Crippen MR) is 74.8 cm³/mol. The second kappa shape index (κ2) is 5.08. The number of fused-ring (bicyclic) bond motifs is 1. The minimum absolute atomic E-state index is 0.875. The number of pyridine rings is 1. The summed E-state index contributed by atoms with van der Waals surface area (Å²) >= 11 is 0. The fraction of sp³-hybridized carbons (Fsp3) is 0.267. The van der Waals surface area contributed by atoms with Crippen LogP contribution in [0.15, 0.2) is 48.7 Å². The third-order valence-electron chi connectivity index (χ3n) is 3.24. The molecule has 2 aromatic rings. The Morgan fingerprint density at radius 2 is 2.00 bits per heavy atom. The van der Waals surface area contributed by atoms with Crippen molar-refractivity contribution in [3.8, 4) is 0 Å². The maximum Gasteiger partial charge on any atom is 0.0605 e. The minimum atomic E-state index is 0.875. The van der Waals surface area contributed by atoms with Gasteiger partial charge in [-0.25, -0.2) is 0 Å². The average Bonchev–Trinajstić information content (AvgIpc) is 2.63. The highest BCUT2D eigenvalue weighted by Crippen LogP contribution is 2.28. The fourth-order valence-corrected chi connectivity index (χ4v) is 2.36. The van der Waals surface area contributed by atoms with E-state index in [1.54, 1.807) is 0 Å². The minimum Gasteiger partial charge on any atom is -0.383 e. The molecule has 2 heterocycles. The lowest BCUT2D eigenvalue weighted by Crippen LogP contribution is -2.23. The first-order valence-corrected chi connectivity index (χ1v) is 6.41. The Hall–Kier alpha value is -2.03. The smallest absolute Gasteiger partial charge is 0.0605 e. The van der Waals surface area contributed by atoms with Crippen LogP contribution in [0.3, 0.4) is 0 Å². The van der Waals surface area contributed by atoms with Gasteiger partial charge in [-0.05, 0) is 30.7 Å². The molecule has 0 amide bonds. The molecule has 0 spiro atoms. The molecule has 1 N–H and O–H groups in total. The van der Waals surface area contributed by atoms with Crippen LogP contribution in [0.4, 0.5) is 11.4 Å². The third kappa shape index (κ3) is 2.30. The van der Waals surface area contributed by atoms with Gasteiger partial charge in [0.25, 0.3) is 0 Å². The normalized spacial score (nSPS) is 14.6. The summed E-state index contributed by atoms with van der Waals surface area (Å²) in [5.41, 5.74) is 3.63. The molecule has 0 saturated heterocycles. The topological polar surface area (TPSA) is 28.2 Å². The van der Waals surface area contributed by atoms with Crippen molar-refractivity contribution in [2.45, 2.75) is 13.0 Å². The summed E-state index contributed by atoms with van der Waals surface area (Å²) in [4.78, 5) is 6.81. The zero-order chi connectivity index (χ0) is 12.2. The van der Waals surface area contributed by atoms with E-state index in [2.05, 4.69) is 45.5 Å². The zero-order valence-electron chi connectivity index (χ0n) is 10.3. The molecule has 1 aromatic carbocycles. The lowest BCUT2D eigenvalue weighted by atomic mass is 10.2. The summed E-state index contributed by atoms with van der Waals surface area (Å²) in [5.74, 6) is 0. The molecule has 1 aromatic heterocycles. The highest BCUT2D eigenvalue weighted by atomic mass is 15.2. The van der Waals surface area contributed by atoms with Gasteiger partial charge in [0.15, 0.2) is 0 Å². The van der Waals surface area contributed by atoms with Crippen molar-refractivity contribution < 1.29 is 0 Å². The van der Waals surface area contributed by atoms with Crippen LogP contribution in [0, 0.1) is 0 Å². The number of nitrogens with zero attached hydrogens (tertiary/aromatic N) is 2. The van der Waals surface area contributed by atoms with E-state index in [9.17, 15) is 0 Å². The largest absolute Gasteiger partial charge is 0.383 e. The van der Waals surface area contributed by atoms with Crippen LogP contribution in [-0.2, 0) is 6.54 Å². The van der Waals surface area contributed by atoms with E-state index in [1.165, 1.54) is 11.4 Å². The van der Waals surface area contributed by atoms with Gasteiger partial charge in [-0.3, -0.25) is 4.98 Å². The highest BCUT2D eigenvalue weighted by Gasteiger charge is 2.14. The van der Waals surface area contributed by atoms with Crippen molar-refractivity contribution in [1.82, 2.24) is 4.98 Å². The first kappa shape index (κ1) is 11.1. The van der Waals surface area contributed by atoms with Gasteiger partial charge >= 0.3 is 0 Å². The Balaban J connectivity index is 1.88. The van der Waals surface area contributed by atoms with Crippen LogP contribution in [0.5, 0.6) is 0 Å². The molecule has 0 atom stereocenters. The summed E-state index contributed by atoms with van der Waals surface area (Å²) in [6.45, 7) is 2.98. The van der Waals surface area contributed by atoms with E-state index in [0.29, 0.717) is 0 Å². The Kier molecular flexibility index (Phi) is 3.13. The number of anilines is 2. The van der Waals surface area contributed by atoms with Crippen molar-refractivity contribution in [3.05, 3.63) is 54.4 Å². The molecule has 3 heteroatoms. The lowest BCUT2D eigenvalue weighted by molar-refractivity contribution is 0.752. The average molecular weight is 239 g/mol. The molecular formula is C15H17N3. The van der Waals surface area contributed by atoms with E-state index in [1.807, 2.05) is 18.3 Å². The molecule has 1 aliphatic heterocycles. The van der Waals surface area contributed by atoms with Crippen LogP contribution >= 0.6 is 0 Å². The molecule has 92 valence electrons. The quantitative estimate of drug-likeness (QED) is 0.873. The summed E-state index contributed by atoms with van der Waals surface area (Å²) in [6.07, 6.45) is 3.01. The molecule has 0 unspecified atom stereocenters. The Bertz CT molecular complexity index is 510. The van der Waals surface area contributed by atoms with Crippen LogP contribution in [-0.4, -0.2) is 18.1 Å². The molecule has 0 radical (unpaired) electrons. The van der Waals surface area contributed by atoms with E-state index in [0.717, 1.165) is 31.7 Å². The molecule has 18 heavy (non-hydrogen) atoms. The molecule has 0 fully saturated rings. The molecule has 1 aliphatic rings. The first-order valence-electron chi connectivity index (χ1n) is 6.41. The predicted octanol–water partition coefficient (Wildman–Crippen LogP) is 2.90. The molecule has 0 aliphatic carbocycles. The number of nitrogens with one attached hydrogen (secondary N) is 1. The number of para-hydroxylation sites is 2. The Morgan fingerprint density at radius 1 is 1.11 bits per heavy atom. The van der Waals surface area contributed by atoms with Crippen molar-refractivity contribution in [2.75, 3.05) is 23.3 Å². The van der Waals surface area contributed by atoms with Gasteiger partial charge in [-0.15, -0.1) is 0 Å². The Morgan fingerprint density at radius 3 is 2.89 bits per heavy atom. The van der Waals surface area contributed by atoms with Gasteiger partial charge in [0.1, 0.15) is 0 Å². The van der Waals surface area contributed by atoms with Crippen molar-refractivity contribution in [2.24, 2.45) is 0 Å². The summed E-state index contributed by atoms with van der Waals surface area (Å²) < 4.78 is 0. The number of aromatic nitrogens is 1. The second-order valence-electron chi connectivity index (χ2n) is 4.54. The number of hydrogen-bond donors (Lipinski definition) is 1. The van der Waals surface area contributed by atoms with Crippen LogP contribution in [0.2, 0.25) is 0 Å². The van der Waals surface area contributed by atoms with Gasteiger partial charge in [-0.1, -0.05) is 18.2 Å². The number of benzene rings is 1. The maximum atomic E-state index is 4.41. The van der Waals surface area contributed by atoms with Crippen LogP contribution in [0.1, 0.15) is 12.1 Å². The molecule has 3 rings (SSSR count). The Labute approximate surface area is 107 Å². The fourth-order valence-electron chi connectivity index (χ4n) is 2.36. The van der Waals surface area contributed by atoms with E-state index >= 15 is 0 Å². The second-order valence-corrected chi connectivity index (χ2v) is 4.54. The summed E-state index contributed by atoms with van der Waals surface area (Å²) in [7, 11) is 0. The molecule has 0 saturated carbocycles. The molecule has 3 nitrogen and oxygen atoms in total. The van der Waals surface area contributed by atoms with Crippen molar-refractivity contribution >= 4 is 11.4 Å². The third-order valence-corrected chi connectivity index (χ3v) is 3.24. The van der Waals surface area contributed by atoms with Crippen LogP contribution in [0.25, 0.3) is 0 Å².